The standard InChI is InChI=1S/C48H87O10P/c1-4-6-28-35-44(49)36-30-25-21-19-22-26-31-37-45(50)38-33-40-48(52)58-46(42-57-59(53,54)55)41-56-47(51)39-32-27-23-18-16-14-12-10-8-7-9-11-13-15-17-20-24-29-34-43(3)5-2/h21-22,25-26,30-31,36-37,43-46,49-50H,4-20,23-24,27-29,32-35,38-42H2,1-3H3,(H2,53,54,55)/b25-21-,26-22-,36-30+,37-31+/t43?,44-,45-,46-/m1/s1. The van der Waals surface area contributed by atoms with Crippen molar-refractivity contribution in [1.82, 2.24) is 0 Å². The molecule has 0 aliphatic rings. The number of carbonyl (C=O) groups is 2. The summed E-state index contributed by atoms with van der Waals surface area (Å²) in [6.07, 6.45) is 43.3. The lowest BCUT2D eigenvalue weighted by molar-refractivity contribution is -0.161. The molecule has 59 heavy (non-hydrogen) atoms. The first-order valence-electron chi connectivity index (χ1n) is 23.5. The van der Waals surface area contributed by atoms with Crippen molar-refractivity contribution in [3.05, 3.63) is 48.6 Å². The van der Waals surface area contributed by atoms with E-state index in [1.54, 1.807) is 18.2 Å². The van der Waals surface area contributed by atoms with E-state index in [4.69, 9.17) is 19.3 Å². The third kappa shape index (κ3) is 43.8. The zero-order valence-electron chi connectivity index (χ0n) is 37.5. The molecule has 0 aromatic heterocycles. The lowest BCUT2D eigenvalue weighted by Gasteiger charge is -2.18. The van der Waals surface area contributed by atoms with Gasteiger partial charge in [-0.3, -0.25) is 14.1 Å². The van der Waals surface area contributed by atoms with Crippen molar-refractivity contribution < 1.29 is 48.2 Å². The van der Waals surface area contributed by atoms with Crippen LogP contribution in [0.3, 0.4) is 0 Å². The minimum atomic E-state index is -4.82. The number of esters is 2. The Bertz CT molecular complexity index is 1150. The molecule has 0 aliphatic heterocycles. The predicted octanol–water partition coefficient (Wildman–Crippen LogP) is 12.5. The molecular weight excluding hydrogens is 767 g/mol. The Morgan fingerprint density at radius 1 is 0.559 bits per heavy atom. The normalized spacial score (nSPS) is 14.5. The number of ether oxygens (including phenoxy) is 2. The summed E-state index contributed by atoms with van der Waals surface area (Å²) in [7, 11) is -4.82. The van der Waals surface area contributed by atoms with Crippen LogP contribution in [0.2, 0.25) is 0 Å². The highest BCUT2D eigenvalue weighted by molar-refractivity contribution is 7.46. The number of phosphoric acid groups is 1. The first-order valence-corrected chi connectivity index (χ1v) is 25.1. The van der Waals surface area contributed by atoms with E-state index in [0.29, 0.717) is 25.7 Å². The van der Waals surface area contributed by atoms with E-state index in [0.717, 1.165) is 50.9 Å². The number of phosphoric ester groups is 1. The van der Waals surface area contributed by atoms with Crippen LogP contribution in [0, 0.1) is 5.92 Å². The fourth-order valence-corrected chi connectivity index (χ4v) is 6.98. The van der Waals surface area contributed by atoms with Gasteiger partial charge in [0.15, 0.2) is 6.10 Å². The number of hydrogen-bond donors (Lipinski definition) is 4. The lowest BCUT2D eigenvalue weighted by Crippen LogP contribution is -2.29. The van der Waals surface area contributed by atoms with Gasteiger partial charge >= 0.3 is 19.8 Å². The Hall–Kier alpha value is -2.07. The van der Waals surface area contributed by atoms with Gasteiger partial charge in [-0.2, -0.15) is 0 Å². The van der Waals surface area contributed by atoms with Crippen molar-refractivity contribution in [2.75, 3.05) is 13.2 Å². The summed E-state index contributed by atoms with van der Waals surface area (Å²) in [5.41, 5.74) is 0. The quantitative estimate of drug-likeness (QED) is 0.0201. The smallest absolute Gasteiger partial charge is 0.462 e. The molecule has 11 heteroatoms. The maximum absolute atomic E-state index is 12.4. The molecule has 1 unspecified atom stereocenters. The van der Waals surface area contributed by atoms with Crippen LogP contribution < -0.4 is 0 Å². The van der Waals surface area contributed by atoms with Crippen LogP contribution >= 0.6 is 7.82 Å². The molecule has 0 fully saturated rings. The molecule has 0 saturated carbocycles. The predicted molar refractivity (Wildman–Crippen MR) is 242 cm³/mol. The van der Waals surface area contributed by atoms with Gasteiger partial charge < -0.3 is 29.5 Å². The number of aliphatic hydroxyl groups excluding tert-OH is 2. The van der Waals surface area contributed by atoms with Crippen molar-refractivity contribution in [3.63, 3.8) is 0 Å². The summed E-state index contributed by atoms with van der Waals surface area (Å²) in [5, 5.41) is 20.1. The highest BCUT2D eigenvalue weighted by Crippen LogP contribution is 2.36. The maximum Gasteiger partial charge on any atom is 0.469 e. The molecular formula is C48H87O10P. The lowest BCUT2D eigenvalue weighted by atomic mass is 9.99. The van der Waals surface area contributed by atoms with Crippen LogP contribution in [0.25, 0.3) is 0 Å². The highest BCUT2D eigenvalue weighted by atomic mass is 31.2. The van der Waals surface area contributed by atoms with Crippen molar-refractivity contribution in [2.45, 2.75) is 225 Å². The van der Waals surface area contributed by atoms with Crippen molar-refractivity contribution in [1.29, 1.82) is 0 Å². The van der Waals surface area contributed by atoms with Crippen molar-refractivity contribution in [2.24, 2.45) is 5.92 Å². The average Bonchev–Trinajstić information content (AvgIpc) is 3.20. The minimum absolute atomic E-state index is 0.0359. The number of aliphatic hydroxyl groups is 2. The molecule has 0 rings (SSSR count). The van der Waals surface area contributed by atoms with Crippen LogP contribution in [-0.4, -0.2) is 63.5 Å². The van der Waals surface area contributed by atoms with Crippen LogP contribution in [-0.2, 0) is 28.2 Å². The molecule has 0 spiro atoms. The Morgan fingerprint density at radius 3 is 1.47 bits per heavy atom. The SMILES string of the molecule is CCCCC[C@@H](O)/C=C/C=C\C/C=C\C=C\[C@@H](O)CCCC(=O)O[C@H](COC(=O)CCCCCCCCCCCCCCCCCCCCC(C)CC)COP(=O)(O)O. The second-order valence-corrected chi connectivity index (χ2v) is 17.6. The van der Waals surface area contributed by atoms with Crippen LogP contribution in [0.5, 0.6) is 0 Å². The maximum atomic E-state index is 12.4. The molecule has 0 aromatic carbocycles. The molecule has 10 nitrogen and oxygen atoms in total. The zero-order chi connectivity index (χ0) is 43.7. The molecule has 4 N–H and O–H groups in total. The first-order chi connectivity index (χ1) is 28.5. The molecule has 0 aliphatic carbocycles. The molecule has 4 atom stereocenters. The molecule has 0 aromatic rings. The van der Waals surface area contributed by atoms with Gasteiger partial charge in [-0.05, 0) is 38.0 Å². The Kier molecular flexibility index (Phi) is 39.8. The Morgan fingerprint density at radius 2 is 1.00 bits per heavy atom. The van der Waals surface area contributed by atoms with Crippen molar-refractivity contribution >= 4 is 19.8 Å². The number of rotatable bonds is 42. The zero-order valence-corrected chi connectivity index (χ0v) is 38.4. The summed E-state index contributed by atoms with van der Waals surface area (Å²) < 4.78 is 26.3. The van der Waals surface area contributed by atoms with E-state index in [1.165, 1.54) is 103 Å². The summed E-state index contributed by atoms with van der Waals surface area (Å²) in [6.45, 7) is 5.80. The summed E-state index contributed by atoms with van der Waals surface area (Å²) in [6, 6.07) is 0. The van der Waals surface area contributed by atoms with Crippen molar-refractivity contribution in [3.8, 4) is 0 Å². The summed E-state index contributed by atoms with van der Waals surface area (Å²) in [4.78, 5) is 43.0. The summed E-state index contributed by atoms with van der Waals surface area (Å²) in [5.74, 6) is -0.216. The van der Waals surface area contributed by atoms with Gasteiger partial charge in [0.2, 0.25) is 0 Å². The molecule has 0 bridgehead atoms. The number of hydrogen-bond acceptors (Lipinski definition) is 8. The van der Waals surface area contributed by atoms with E-state index in [1.807, 2.05) is 30.4 Å². The van der Waals surface area contributed by atoms with Gasteiger partial charge in [0.1, 0.15) is 6.61 Å². The van der Waals surface area contributed by atoms with E-state index in [9.17, 15) is 24.4 Å². The number of unbranched alkanes of at least 4 members (excludes halogenated alkanes) is 19. The minimum Gasteiger partial charge on any atom is -0.462 e. The fraction of sp³-hybridized carbons (Fsp3) is 0.792. The van der Waals surface area contributed by atoms with Crippen LogP contribution in [0.1, 0.15) is 207 Å². The Labute approximate surface area is 360 Å². The fourth-order valence-electron chi connectivity index (χ4n) is 6.62. The molecule has 0 amide bonds. The van der Waals surface area contributed by atoms with Gasteiger partial charge in [0, 0.05) is 12.8 Å². The average molecular weight is 855 g/mol. The van der Waals surface area contributed by atoms with Gasteiger partial charge in [-0.1, -0.05) is 211 Å². The first kappa shape index (κ1) is 56.9. The molecule has 0 radical (unpaired) electrons. The molecule has 344 valence electrons. The largest absolute Gasteiger partial charge is 0.469 e. The Balaban J connectivity index is 4.03. The second kappa shape index (κ2) is 41.3. The second-order valence-electron chi connectivity index (χ2n) is 16.4. The van der Waals surface area contributed by atoms with E-state index < -0.39 is 44.7 Å². The molecule has 0 saturated heterocycles. The van der Waals surface area contributed by atoms with Gasteiger partial charge in [0.05, 0.1) is 18.8 Å². The third-order valence-electron chi connectivity index (χ3n) is 10.6. The van der Waals surface area contributed by atoms with Gasteiger partial charge in [-0.15, -0.1) is 0 Å². The van der Waals surface area contributed by atoms with Crippen LogP contribution in [0.15, 0.2) is 48.6 Å². The van der Waals surface area contributed by atoms with E-state index in [-0.39, 0.29) is 19.4 Å². The number of allylic oxidation sites excluding steroid dienone is 6. The van der Waals surface area contributed by atoms with E-state index >= 15 is 0 Å². The summed E-state index contributed by atoms with van der Waals surface area (Å²) >= 11 is 0. The molecule has 0 heterocycles. The third-order valence-corrected chi connectivity index (χ3v) is 11.1. The monoisotopic (exact) mass is 855 g/mol. The van der Waals surface area contributed by atoms with Gasteiger partial charge in [0.25, 0.3) is 0 Å². The van der Waals surface area contributed by atoms with Gasteiger partial charge in [-0.25, -0.2) is 4.57 Å². The highest BCUT2D eigenvalue weighted by Gasteiger charge is 2.23. The number of carbonyl (C=O) groups excluding carboxylic acids is 2. The van der Waals surface area contributed by atoms with Crippen LogP contribution in [0.4, 0.5) is 0 Å². The topological polar surface area (TPSA) is 160 Å². The van der Waals surface area contributed by atoms with E-state index in [2.05, 4.69) is 25.3 Å².